The number of halogens is 1. The van der Waals surface area contributed by atoms with Crippen LogP contribution in [0.15, 0.2) is 18.3 Å². The van der Waals surface area contributed by atoms with Crippen LogP contribution in [0.1, 0.15) is 17.4 Å². The minimum atomic E-state index is -0.898. The van der Waals surface area contributed by atoms with Gasteiger partial charge < -0.3 is 10.0 Å². The molecule has 6 heteroatoms. The Kier molecular flexibility index (Phi) is 3.27. The SMILES string of the molecule is CC1CN(C(=O)c2ccc(F)cn2)CC1C(=O)O. The number of aliphatic carboxylic acids is 1. The van der Waals surface area contributed by atoms with Gasteiger partial charge in [0.2, 0.25) is 0 Å². The smallest absolute Gasteiger partial charge is 0.308 e. The standard InChI is InChI=1S/C12H13FN2O3/c1-7-5-15(6-9(7)12(17)18)11(16)10-3-2-8(13)4-14-10/h2-4,7,9H,5-6H2,1H3,(H,17,18). The molecule has 2 atom stereocenters. The molecule has 1 fully saturated rings. The van der Waals surface area contributed by atoms with E-state index in [4.69, 9.17) is 5.11 Å². The summed E-state index contributed by atoms with van der Waals surface area (Å²) in [7, 11) is 0. The second kappa shape index (κ2) is 4.72. The number of amides is 1. The van der Waals surface area contributed by atoms with Crippen LogP contribution in [0, 0.1) is 17.7 Å². The molecule has 1 aliphatic heterocycles. The van der Waals surface area contributed by atoms with Crippen molar-refractivity contribution in [3.8, 4) is 0 Å². The van der Waals surface area contributed by atoms with E-state index in [1.807, 2.05) is 0 Å². The normalized spacial score (nSPS) is 23.1. The zero-order valence-electron chi connectivity index (χ0n) is 9.84. The lowest BCUT2D eigenvalue weighted by atomic mass is 9.99. The summed E-state index contributed by atoms with van der Waals surface area (Å²) in [4.78, 5) is 28.1. The topological polar surface area (TPSA) is 70.5 Å². The third-order valence-corrected chi connectivity index (χ3v) is 3.16. The summed E-state index contributed by atoms with van der Waals surface area (Å²) >= 11 is 0. The number of carboxylic acids is 1. The van der Waals surface area contributed by atoms with Gasteiger partial charge in [0.1, 0.15) is 11.5 Å². The molecule has 0 bridgehead atoms. The van der Waals surface area contributed by atoms with E-state index in [2.05, 4.69) is 4.98 Å². The highest BCUT2D eigenvalue weighted by atomic mass is 19.1. The number of carboxylic acid groups (broad SMARTS) is 1. The van der Waals surface area contributed by atoms with Crippen molar-refractivity contribution in [2.45, 2.75) is 6.92 Å². The van der Waals surface area contributed by atoms with Gasteiger partial charge in [0.15, 0.2) is 0 Å². The molecule has 1 aromatic rings. The van der Waals surface area contributed by atoms with Crippen LogP contribution in [0.5, 0.6) is 0 Å². The molecule has 1 saturated heterocycles. The maximum absolute atomic E-state index is 12.7. The molecule has 0 spiro atoms. The first kappa shape index (κ1) is 12.5. The van der Waals surface area contributed by atoms with Gasteiger partial charge in [-0.15, -0.1) is 0 Å². The lowest BCUT2D eigenvalue weighted by molar-refractivity contribution is -0.142. The van der Waals surface area contributed by atoms with Crippen LogP contribution in [0.25, 0.3) is 0 Å². The van der Waals surface area contributed by atoms with Gasteiger partial charge in [-0.05, 0) is 18.1 Å². The second-order valence-corrected chi connectivity index (χ2v) is 4.49. The van der Waals surface area contributed by atoms with Gasteiger partial charge in [0.25, 0.3) is 5.91 Å². The number of hydrogen-bond donors (Lipinski definition) is 1. The van der Waals surface area contributed by atoms with Crippen molar-refractivity contribution in [1.82, 2.24) is 9.88 Å². The fourth-order valence-electron chi connectivity index (χ4n) is 2.12. The molecule has 2 unspecified atom stereocenters. The maximum Gasteiger partial charge on any atom is 0.308 e. The van der Waals surface area contributed by atoms with Gasteiger partial charge in [-0.25, -0.2) is 9.37 Å². The summed E-state index contributed by atoms with van der Waals surface area (Å²) in [5.74, 6) is -2.40. The van der Waals surface area contributed by atoms with E-state index >= 15 is 0 Å². The van der Waals surface area contributed by atoms with Crippen molar-refractivity contribution in [3.05, 3.63) is 29.8 Å². The lowest BCUT2D eigenvalue weighted by Crippen LogP contribution is -2.30. The molecule has 1 aromatic heterocycles. The summed E-state index contributed by atoms with van der Waals surface area (Å²) < 4.78 is 12.7. The number of aromatic nitrogens is 1. The molecule has 1 amide bonds. The Morgan fingerprint density at radius 1 is 1.44 bits per heavy atom. The molecule has 5 nitrogen and oxygen atoms in total. The van der Waals surface area contributed by atoms with Crippen molar-refractivity contribution < 1.29 is 19.1 Å². The Hall–Kier alpha value is -1.98. The van der Waals surface area contributed by atoms with E-state index in [9.17, 15) is 14.0 Å². The Bertz CT molecular complexity index is 475. The molecule has 1 aliphatic rings. The largest absolute Gasteiger partial charge is 0.481 e. The third kappa shape index (κ3) is 2.32. The highest BCUT2D eigenvalue weighted by Gasteiger charge is 2.37. The van der Waals surface area contributed by atoms with E-state index in [0.717, 1.165) is 12.3 Å². The van der Waals surface area contributed by atoms with Crippen LogP contribution < -0.4 is 0 Å². The lowest BCUT2D eigenvalue weighted by Gasteiger charge is -2.14. The van der Waals surface area contributed by atoms with Gasteiger partial charge in [-0.2, -0.15) is 0 Å². The van der Waals surface area contributed by atoms with Crippen molar-refractivity contribution in [3.63, 3.8) is 0 Å². The molecule has 2 rings (SSSR count). The average Bonchev–Trinajstić information content (AvgIpc) is 2.71. The van der Waals surface area contributed by atoms with E-state index in [0.29, 0.717) is 6.54 Å². The van der Waals surface area contributed by atoms with Gasteiger partial charge in [0.05, 0.1) is 12.1 Å². The summed E-state index contributed by atoms with van der Waals surface area (Å²) in [6, 6.07) is 2.46. The molecular weight excluding hydrogens is 239 g/mol. The van der Waals surface area contributed by atoms with Crippen LogP contribution in [0.3, 0.4) is 0 Å². The predicted octanol–water partition coefficient (Wildman–Crippen LogP) is 1.01. The second-order valence-electron chi connectivity index (χ2n) is 4.49. The van der Waals surface area contributed by atoms with Crippen molar-refractivity contribution in [1.29, 1.82) is 0 Å². The Labute approximate surface area is 103 Å². The van der Waals surface area contributed by atoms with Gasteiger partial charge in [-0.1, -0.05) is 6.92 Å². The van der Waals surface area contributed by atoms with Crippen LogP contribution in [0.4, 0.5) is 4.39 Å². The summed E-state index contributed by atoms with van der Waals surface area (Å²) in [6.07, 6.45) is 0.974. The molecule has 0 saturated carbocycles. The Balaban J connectivity index is 2.12. The number of nitrogens with zero attached hydrogens (tertiary/aromatic N) is 2. The first-order chi connectivity index (χ1) is 8.49. The molecule has 0 aromatic carbocycles. The highest BCUT2D eigenvalue weighted by molar-refractivity contribution is 5.93. The summed E-state index contributed by atoms with van der Waals surface area (Å²) in [5, 5.41) is 8.99. The molecule has 0 radical (unpaired) electrons. The molecule has 2 heterocycles. The van der Waals surface area contributed by atoms with Gasteiger partial charge >= 0.3 is 5.97 Å². The molecule has 0 aliphatic carbocycles. The number of carbonyl (C=O) groups is 2. The quantitative estimate of drug-likeness (QED) is 0.852. The number of carbonyl (C=O) groups excluding carboxylic acids is 1. The summed E-state index contributed by atoms with van der Waals surface area (Å²) in [6.45, 7) is 2.35. The first-order valence-electron chi connectivity index (χ1n) is 5.62. The van der Waals surface area contributed by atoms with Crippen LogP contribution >= 0.6 is 0 Å². The van der Waals surface area contributed by atoms with E-state index < -0.39 is 17.7 Å². The van der Waals surface area contributed by atoms with Gasteiger partial charge in [0, 0.05) is 13.1 Å². The molecule has 96 valence electrons. The predicted molar refractivity (Wildman–Crippen MR) is 60.4 cm³/mol. The van der Waals surface area contributed by atoms with E-state index in [1.165, 1.54) is 11.0 Å². The first-order valence-corrected chi connectivity index (χ1v) is 5.62. The van der Waals surface area contributed by atoms with Crippen molar-refractivity contribution in [2.24, 2.45) is 11.8 Å². The number of hydrogen-bond acceptors (Lipinski definition) is 3. The number of pyridine rings is 1. The Morgan fingerprint density at radius 3 is 2.67 bits per heavy atom. The average molecular weight is 252 g/mol. The number of likely N-dealkylation sites (tertiary alicyclic amines) is 1. The molecule has 18 heavy (non-hydrogen) atoms. The van der Waals surface area contributed by atoms with Crippen molar-refractivity contribution in [2.75, 3.05) is 13.1 Å². The van der Waals surface area contributed by atoms with Crippen LogP contribution in [0.2, 0.25) is 0 Å². The van der Waals surface area contributed by atoms with Crippen molar-refractivity contribution >= 4 is 11.9 Å². The fourth-order valence-corrected chi connectivity index (χ4v) is 2.12. The summed E-state index contributed by atoms with van der Waals surface area (Å²) in [5.41, 5.74) is 0.134. The minimum Gasteiger partial charge on any atom is -0.481 e. The monoisotopic (exact) mass is 252 g/mol. The van der Waals surface area contributed by atoms with E-state index in [-0.39, 0.29) is 24.1 Å². The Morgan fingerprint density at radius 2 is 2.17 bits per heavy atom. The van der Waals surface area contributed by atoms with E-state index in [1.54, 1.807) is 6.92 Å². The zero-order chi connectivity index (χ0) is 13.3. The zero-order valence-corrected chi connectivity index (χ0v) is 9.84. The minimum absolute atomic E-state index is 0.0908. The number of rotatable bonds is 2. The third-order valence-electron chi connectivity index (χ3n) is 3.16. The van der Waals surface area contributed by atoms with Gasteiger partial charge in [-0.3, -0.25) is 9.59 Å². The maximum atomic E-state index is 12.7. The fraction of sp³-hybridized carbons (Fsp3) is 0.417. The van der Waals surface area contributed by atoms with Crippen LogP contribution in [-0.4, -0.2) is 40.0 Å². The molecular formula is C12H13FN2O3. The van der Waals surface area contributed by atoms with Crippen LogP contribution in [-0.2, 0) is 4.79 Å². The highest BCUT2D eigenvalue weighted by Crippen LogP contribution is 2.24. The molecule has 1 N–H and O–H groups in total.